The molecule has 2 aromatic rings. The zero-order valence-corrected chi connectivity index (χ0v) is 18.5. The summed E-state index contributed by atoms with van der Waals surface area (Å²) >= 11 is 0. The highest BCUT2D eigenvalue weighted by Crippen LogP contribution is 2.66. The van der Waals surface area contributed by atoms with Crippen LogP contribution in [0, 0.1) is 5.41 Å². The number of aromatic nitrogens is 1. The molecule has 0 saturated carbocycles. The van der Waals surface area contributed by atoms with Gasteiger partial charge in [0.1, 0.15) is 24.6 Å². The summed E-state index contributed by atoms with van der Waals surface area (Å²) in [6, 6.07) is 8.76. The van der Waals surface area contributed by atoms with Crippen LogP contribution in [0.2, 0.25) is 0 Å². The average molecular weight is 395 g/mol. The van der Waals surface area contributed by atoms with Crippen LogP contribution in [-0.4, -0.2) is 38.5 Å². The maximum absolute atomic E-state index is 6.01. The van der Waals surface area contributed by atoms with E-state index in [0.29, 0.717) is 17.7 Å². The Labute approximate surface area is 173 Å². The van der Waals surface area contributed by atoms with Gasteiger partial charge in [0, 0.05) is 35.7 Å². The lowest BCUT2D eigenvalue weighted by atomic mass is 9.54. The Kier molecular flexibility index (Phi) is 3.80. The topological polar surface area (TPSA) is 34.6 Å². The first-order valence-corrected chi connectivity index (χ1v) is 10.8. The van der Waals surface area contributed by atoms with Gasteiger partial charge in [-0.1, -0.05) is 27.7 Å². The lowest BCUT2D eigenvalue weighted by Crippen LogP contribution is -2.69. The van der Waals surface area contributed by atoms with Gasteiger partial charge >= 0.3 is 0 Å². The van der Waals surface area contributed by atoms with Crippen LogP contribution in [0.1, 0.15) is 46.1 Å². The van der Waals surface area contributed by atoms with E-state index in [2.05, 4.69) is 64.9 Å². The molecule has 1 aromatic heterocycles. The Morgan fingerprint density at radius 3 is 2.48 bits per heavy atom. The summed E-state index contributed by atoms with van der Waals surface area (Å²) in [4.78, 5) is 7.38. The molecule has 29 heavy (non-hydrogen) atoms. The average Bonchev–Trinajstić information content (AvgIpc) is 2.99. The summed E-state index contributed by atoms with van der Waals surface area (Å²) in [6.07, 6.45) is 4.34. The van der Waals surface area contributed by atoms with Crippen molar-refractivity contribution in [3.8, 4) is 11.5 Å². The van der Waals surface area contributed by atoms with Gasteiger partial charge in [-0.2, -0.15) is 0 Å². The number of anilines is 1. The van der Waals surface area contributed by atoms with Crippen molar-refractivity contribution in [3.05, 3.63) is 36.0 Å². The molecule has 0 fully saturated rings. The zero-order chi connectivity index (χ0) is 20.6. The van der Waals surface area contributed by atoms with Crippen molar-refractivity contribution in [1.29, 1.82) is 0 Å². The van der Waals surface area contributed by atoms with Crippen molar-refractivity contribution < 1.29 is 9.47 Å². The molecule has 5 heteroatoms. The van der Waals surface area contributed by atoms with Crippen LogP contribution in [-0.2, 0) is 5.41 Å². The van der Waals surface area contributed by atoms with Crippen LogP contribution in [0.3, 0.4) is 0 Å². The molecular weight excluding hydrogens is 362 g/mol. The molecule has 0 N–H and O–H groups in total. The van der Waals surface area contributed by atoms with Crippen molar-refractivity contribution in [2.24, 2.45) is 5.41 Å². The van der Waals surface area contributed by atoms with Crippen LogP contribution < -0.4 is 18.9 Å². The molecule has 1 aromatic carbocycles. The van der Waals surface area contributed by atoms with Crippen LogP contribution in [0.5, 0.6) is 11.5 Å². The first kappa shape index (κ1) is 18.7. The second-order valence-electron chi connectivity index (χ2n) is 9.38. The van der Waals surface area contributed by atoms with E-state index in [-0.39, 0.29) is 17.0 Å². The van der Waals surface area contributed by atoms with E-state index in [1.54, 1.807) is 0 Å². The van der Waals surface area contributed by atoms with Gasteiger partial charge in [-0.15, -0.1) is 0 Å². The van der Waals surface area contributed by atoms with Gasteiger partial charge in [-0.05, 0) is 31.0 Å². The van der Waals surface area contributed by atoms with Crippen LogP contribution in [0.4, 0.5) is 17.2 Å². The fraction of sp³-hybridized carbons (Fsp3) is 0.542. The minimum atomic E-state index is 0.00561. The van der Waals surface area contributed by atoms with Crippen molar-refractivity contribution >= 4 is 17.2 Å². The molecule has 0 aliphatic carbocycles. The molecule has 0 saturated heterocycles. The highest BCUT2D eigenvalue weighted by molar-refractivity contribution is 5.81. The molecule has 5 nitrogen and oxygen atoms in total. The summed E-state index contributed by atoms with van der Waals surface area (Å²) in [5, 5.41) is 0. The summed E-state index contributed by atoms with van der Waals surface area (Å²) < 4.78 is 12.7. The van der Waals surface area contributed by atoms with Gasteiger partial charge in [-0.3, -0.25) is 0 Å². The third-order valence-electron chi connectivity index (χ3n) is 8.47. The molecule has 4 unspecified atom stereocenters. The van der Waals surface area contributed by atoms with E-state index in [1.807, 2.05) is 12.3 Å². The molecule has 0 amide bonds. The van der Waals surface area contributed by atoms with Gasteiger partial charge < -0.3 is 14.4 Å². The van der Waals surface area contributed by atoms with Gasteiger partial charge in [-0.25, -0.2) is 9.47 Å². The molecule has 0 radical (unpaired) electrons. The summed E-state index contributed by atoms with van der Waals surface area (Å²) in [5.41, 5.74) is 3.94. The monoisotopic (exact) mass is 394 g/mol. The number of ether oxygens (including phenoxy) is 2. The van der Waals surface area contributed by atoms with E-state index < -0.39 is 0 Å². The number of pyridine rings is 1. The SMILES string of the molecule is CCC1(C)c2cc3c(cc2[N+]2(C)c4ncccc4N(C)C2C1(C)CC)OCCO3. The second-order valence-corrected chi connectivity index (χ2v) is 9.38. The number of hydrogen-bond donors (Lipinski definition) is 0. The van der Waals surface area contributed by atoms with Gasteiger partial charge in [0.05, 0.1) is 7.05 Å². The van der Waals surface area contributed by atoms with Crippen LogP contribution in [0.15, 0.2) is 30.5 Å². The second kappa shape index (κ2) is 5.88. The molecule has 0 bridgehead atoms. The fourth-order valence-electron chi connectivity index (χ4n) is 6.52. The van der Waals surface area contributed by atoms with Crippen LogP contribution in [0.25, 0.3) is 0 Å². The van der Waals surface area contributed by atoms with E-state index in [4.69, 9.17) is 14.5 Å². The van der Waals surface area contributed by atoms with Crippen molar-refractivity contribution in [3.63, 3.8) is 0 Å². The summed E-state index contributed by atoms with van der Waals surface area (Å²) in [5.74, 6) is 2.86. The number of fused-ring (bicyclic) bond motifs is 6. The Morgan fingerprint density at radius 2 is 1.83 bits per heavy atom. The van der Waals surface area contributed by atoms with E-state index in [1.165, 1.54) is 16.9 Å². The van der Waals surface area contributed by atoms with Gasteiger partial charge in [0.15, 0.2) is 17.7 Å². The number of rotatable bonds is 2. The molecule has 154 valence electrons. The first-order chi connectivity index (χ1) is 13.8. The Hall–Kier alpha value is -2.27. The zero-order valence-electron chi connectivity index (χ0n) is 18.5. The number of benzene rings is 1. The van der Waals surface area contributed by atoms with Crippen molar-refractivity contribution in [1.82, 2.24) is 9.47 Å². The number of quaternary nitrogens is 1. The third-order valence-corrected chi connectivity index (χ3v) is 8.47. The van der Waals surface area contributed by atoms with E-state index in [0.717, 1.165) is 30.2 Å². The van der Waals surface area contributed by atoms with Gasteiger partial charge in [0.2, 0.25) is 0 Å². The van der Waals surface area contributed by atoms with Crippen LogP contribution >= 0.6 is 0 Å². The summed E-state index contributed by atoms with van der Waals surface area (Å²) in [6.45, 7) is 10.8. The van der Waals surface area contributed by atoms with E-state index >= 15 is 0 Å². The smallest absolute Gasteiger partial charge is 0.258 e. The fourth-order valence-corrected chi connectivity index (χ4v) is 6.52. The highest BCUT2D eigenvalue weighted by Gasteiger charge is 2.68. The minimum Gasteiger partial charge on any atom is -0.486 e. The van der Waals surface area contributed by atoms with E-state index in [9.17, 15) is 0 Å². The summed E-state index contributed by atoms with van der Waals surface area (Å²) in [7, 11) is 4.57. The molecule has 3 aliphatic heterocycles. The molecule has 4 atom stereocenters. The number of nitrogens with zero attached hydrogens (tertiary/aromatic N) is 3. The number of hydrogen-bond acceptors (Lipinski definition) is 4. The largest absolute Gasteiger partial charge is 0.486 e. The first-order valence-electron chi connectivity index (χ1n) is 10.8. The molecule has 5 rings (SSSR count). The molecule has 4 heterocycles. The minimum absolute atomic E-state index is 0.00561. The maximum atomic E-state index is 6.01. The predicted molar refractivity (Wildman–Crippen MR) is 117 cm³/mol. The molecule has 3 aliphatic rings. The maximum Gasteiger partial charge on any atom is 0.258 e. The standard InChI is InChI=1S/C24H32N3O2/c1-7-23(3)16-14-19-20(29-13-12-28-19)15-18(16)27(6)21-17(10-9-11-25-21)26(5)22(27)24(23,4)8-2/h9-11,14-15,22H,7-8,12-13H2,1-6H3/q+1. The predicted octanol–water partition coefficient (Wildman–Crippen LogP) is 5.00. The Balaban J connectivity index is 1.90. The third kappa shape index (κ3) is 2.02. The Bertz CT molecular complexity index is 992. The van der Waals surface area contributed by atoms with Crippen molar-refractivity contribution in [2.45, 2.75) is 52.1 Å². The van der Waals surface area contributed by atoms with Crippen molar-refractivity contribution in [2.75, 3.05) is 32.2 Å². The Morgan fingerprint density at radius 1 is 1.14 bits per heavy atom. The molecule has 0 spiro atoms. The normalized spacial score (nSPS) is 34.4. The molecular formula is C24H32N3O2+. The highest BCUT2D eigenvalue weighted by atomic mass is 16.6. The lowest BCUT2D eigenvalue weighted by Gasteiger charge is -2.59. The van der Waals surface area contributed by atoms with Gasteiger partial charge in [0.25, 0.3) is 5.82 Å². The quantitative estimate of drug-likeness (QED) is 0.672. The lowest BCUT2D eigenvalue weighted by molar-refractivity contribution is 0.0313.